The molecule has 0 saturated carbocycles. The molecule has 1 rings (SSSR count). The molecule has 0 aromatic rings. The summed E-state index contributed by atoms with van der Waals surface area (Å²) in [5, 5.41) is 13.8. The van der Waals surface area contributed by atoms with Crippen LogP contribution in [0.5, 0.6) is 0 Å². The quantitative estimate of drug-likeness (QED) is 0.213. The van der Waals surface area contributed by atoms with E-state index in [1.807, 2.05) is 0 Å². The molecule has 4 amide bonds. The van der Waals surface area contributed by atoms with Crippen LogP contribution in [-0.4, -0.2) is 76.1 Å². The van der Waals surface area contributed by atoms with Gasteiger partial charge in [-0.25, -0.2) is 4.79 Å². The number of nitrogens with zero attached hydrogens (tertiary/aromatic N) is 1. The minimum Gasteiger partial charge on any atom is -0.480 e. The fraction of sp³-hybridized carbons (Fsp3) is 0.688. The Morgan fingerprint density at radius 1 is 1.21 bits per heavy atom. The summed E-state index contributed by atoms with van der Waals surface area (Å²) in [6, 6.07) is -4.00. The average molecular weight is 417 g/mol. The molecule has 28 heavy (non-hydrogen) atoms. The third-order valence-corrected chi connectivity index (χ3v) is 4.70. The summed E-state index contributed by atoms with van der Waals surface area (Å²) >= 11 is 3.86. The molecule has 1 aliphatic rings. The Morgan fingerprint density at radius 3 is 2.36 bits per heavy atom. The van der Waals surface area contributed by atoms with Crippen molar-refractivity contribution in [2.24, 2.45) is 11.5 Å². The number of carbonyl (C=O) groups is 5. The third kappa shape index (κ3) is 6.68. The first-order valence-corrected chi connectivity index (χ1v) is 9.50. The maximum absolute atomic E-state index is 12.7. The Kier molecular flexibility index (Phi) is 9.19. The maximum Gasteiger partial charge on any atom is 0.327 e. The Labute approximate surface area is 168 Å². The summed E-state index contributed by atoms with van der Waals surface area (Å²) in [5.74, 6) is -3.85. The lowest BCUT2D eigenvalue weighted by Crippen LogP contribution is -2.56. The molecule has 1 heterocycles. The number of hydrogen-bond donors (Lipinski definition) is 6. The van der Waals surface area contributed by atoms with Crippen molar-refractivity contribution in [1.29, 1.82) is 0 Å². The number of nitrogens with one attached hydrogen (secondary N) is 2. The second-order valence-corrected chi connectivity index (χ2v) is 6.99. The Bertz CT molecular complexity index is 629. The molecule has 0 aliphatic carbocycles. The number of thiol groups is 1. The van der Waals surface area contributed by atoms with Crippen LogP contribution in [0.1, 0.15) is 32.6 Å². The second kappa shape index (κ2) is 10.9. The highest BCUT2D eigenvalue weighted by atomic mass is 32.1. The summed E-state index contributed by atoms with van der Waals surface area (Å²) in [5.41, 5.74) is 10.7. The number of aliphatic carboxylic acids is 1. The molecule has 4 unspecified atom stereocenters. The highest BCUT2D eigenvalue weighted by Gasteiger charge is 2.37. The molecule has 0 spiro atoms. The molecule has 1 fully saturated rings. The fourth-order valence-corrected chi connectivity index (χ4v) is 3.09. The molecule has 4 atom stereocenters. The van der Waals surface area contributed by atoms with Crippen molar-refractivity contribution < 1.29 is 29.1 Å². The van der Waals surface area contributed by atoms with Crippen molar-refractivity contribution in [2.75, 3.05) is 12.3 Å². The largest absolute Gasteiger partial charge is 0.480 e. The van der Waals surface area contributed by atoms with Gasteiger partial charge in [-0.05, 0) is 26.2 Å². The number of nitrogens with two attached hydrogens (primary N) is 2. The van der Waals surface area contributed by atoms with Crippen LogP contribution in [0, 0.1) is 0 Å². The van der Waals surface area contributed by atoms with E-state index in [1.54, 1.807) is 0 Å². The van der Waals surface area contributed by atoms with Crippen molar-refractivity contribution in [3.05, 3.63) is 0 Å². The molecular formula is C16H27N5O6S. The van der Waals surface area contributed by atoms with Gasteiger partial charge in [-0.15, -0.1) is 0 Å². The first-order valence-electron chi connectivity index (χ1n) is 8.87. The fourth-order valence-electron chi connectivity index (χ4n) is 2.85. The molecule has 11 nitrogen and oxygen atoms in total. The van der Waals surface area contributed by atoms with Gasteiger partial charge in [-0.2, -0.15) is 12.6 Å². The Morgan fingerprint density at radius 2 is 1.86 bits per heavy atom. The van der Waals surface area contributed by atoms with Crippen LogP contribution in [0.3, 0.4) is 0 Å². The van der Waals surface area contributed by atoms with Crippen molar-refractivity contribution in [2.45, 2.75) is 56.8 Å². The summed E-state index contributed by atoms with van der Waals surface area (Å²) in [6.45, 7) is 1.89. The van der Waals surface area contributed by atoms with Gasteiger partial charge >= 0.3 is 5.97 Å². The van der Waals surface area contributed by atoms with Crippen molar-refractivity contribution >= 4 is 42.2 Å². The second-order valence-electron chi connectivity index (χ2n) is 6.63. The lowest BCUT2D eigenvalue weighted by atomic mass is 10.1. The number of rotatable bonds is 10. The summed E-state index contributed by atoms with van der Waals surface area (Å²) in [7, 11) is 0. The number of carbonyl (C=O) groups excluding carboxylic acids is 4. The van der Waals surface area contributed by atoms with Gasteiger partial charge in [0.2, 0.25) is 23.6 Å². The van der Waals surface area contributed by atoms with Crippen LogP contribution < -0.4 is 22.1 Å². The molecule has 0 aromatic carbocycles. The molecular weight excluding hydrogens is 390 g/mol. The predicted molar refractivity (Wildman–Crippen MR) is 102 cm³/mol. The van der Waals surface area contributed by atoms with E-state index in [9.17, 15) is 24.0 Å². The van der Waals surface area contributed by atoms with Crippen LogP contribution in [0.4, 0.5) is 0 Å². The standard InChI is InChI=1S/C16H27N5O6S/c1-8(17)15(25)21-6-2-3-11(21)14(24)19-9(4-5-12(18)22)13(23)20-10(7-28)16(26)27/h8-11,28H,2-7,17H2,1H3,(H2,18,22)(H,19,24)(H,20,23)(H,26,27). The predicted octanol–water partition coefficient (Wildman–Crippen LogP) is -2.43. The topological polar surface area (TPSA) is 185 Å². The molecule has 0 aromatic heterocycles. The van der Waals surface area contributed by atoms with Crippen molar-refractivity contribution in [3.8, 4) is 0 Å². The van der Waals surface area contributed by atoms with E-state index in [0.717, 1.165) is 0 Å². The number of likely N-dealkylation sites (tertiary alicyclic amines) is 1. The van der Waals surface area contributed by atoms with Gasteiger partial charge in [0.05, 0.1) is 6.04 Å². The molecule has 1 saturated heterocycles. The smallest absolute Gasteiger partial charge is 0.327 e. The van der Waals surface area contributed by atoms with Gasteiger partial charge in [-0.1, -0.05) is 0 Å². The van der Waals surface area contributed by atoms with Gasteiger partial charge in [0.25, 0.3) is 0 Å². The van der Waals surface area contributed by atoms with Gasteiger partial charge in [0.1, 0.15) is 18.1 Å². The van der Waals surface area contributed by atoms with E-state index in [-0.39, 0.29) is 24.5 Å². The zero-order chi connectivity index (χ0) is 21.4. The molecule has 7 N–H and O–H groups in total. The van der Waals surface area contributed by atoms with Gasteiger partial charge < -0.3 is 32.1 Å². The van der Waals surface area contributed by atoms with Crippen LogP contribution in [-0.2, 0) is 24.0 Å². The summed E-state index contributed by atoms with van der Waals surface area (Å²) in [6.07, 6.45) is 0.710. The minimum atomic E-state index is -1.28. The maximum atomic E-state index is 12.7. The van der Waals surface area contributed by atoms with Crippen molar-refractivity contribution in [1.82, 2.24) is 15.5 Å². The van der Waals surface area contributed by atoms with Crippen LogP contribution in [0.15, 0.2) is 0 Å². The Hall–Kier alpha value is -2.34. The van der Waals surface area contributed by atoms with Gasteiger partial charge in [0.15, 0.2) is 0 Å². The summed E-state index contributed by atoms with van der Waals surface area (Å²) < 4.78 is 0. The van der Waals surface area contributed by atoms with Gasteiger partial charge in [-0.3, -0.25) is 19.2 Å². The lowest BCUT2D eigenvalue weighted by molar-refractivity contribution is -0.142. The molecule has 12 heteroatoms. The number of carboxylic acid groups (broad SMARTS) is 1. The monoisotopic (exact) mass is 417 g/mol. The van der Waals surface area contributed by atoms with E-state index in [1.165, 1.54) is 11.8 Å². The summed E-state index contributed by atoms with van der Waals surface area (Å²) in [4.78, 5) is 60.8. The Balaban J connectivity index is 2.88. The molecule has 0 bridgehead atoms. The number of primary amides is 1. The lowest BCUT2D eigenvalue weighted by Gasteiger charge is -2.27. The van der Waals surface area contributed by atoms with Gasteiger partial charge in [0, 0.05) is 18.7 Å². The molecule has 158 valence electrons. The first-order chi connectivity index (χ1) is 13.1. The van der Waals surface area contributed by atoms with E-state index in [4.69, 9.17) is 16.6 Å². The minimum absolute atomic E-state index is 0.111. The van der Waals surface area contributed by atoms with E-state index in [0.29, 0.717) is 19.4 Å². The van der Waals surface area contributed by atoms with Crippen LogP contribution in [0.25, 0.3) is 0 Å². The number of amides is 4. The van der Waals surface area contributed by atoms with Crippen LogP contribution in [0.2, 0.25) is 0 Å². The highest BCUT2D eigenvalue weighted by Crippen LogP contribution is 2.18. The van der Waals surface area contributed by atoms with Crippen molar-refractivity contribution in [3.63, 3.8) is 0 Å². The highest BCUT2D eigenvalue weighted by molar-refractivity contribution is 7.80. The van der Waals surface area contributed by atoms with E-state index in [2.05, 4.69) is 23.3 Å². The van der Waals surface area contributed by atoms with E-state index < -0.39 is 47.9 Å². The van der Waals surface area contributed by atoms with Crippen LogP contribution >= 0.6 is 12.6 Å². The third-order valence-electron chi connectivity index (χ3n) is 4.34. The number of hydrogen-bond acceptors (Lipinski definition) is 7. The molecule has 0 radical (unpaired) electrons. The number of carboxylic acids is 1. The molecule has 1 aliphatic heterocycles. The zero-order valence-electron chi connectivity index (χ0n) is 15.6. The average Bonchev–Trinajstić information content (AvgIpc) is 3.11. The first kappa shape index (κ1) is 23.7. The normalized spacial score (nSPS) is 19.4. The SMILES string of the molecule is CC(N)C(=O)N1CCCC1C(=O)NC(CCC(N)=O)C(=O)NC(CS)C(=O)O. The van der Waals surface area contributed by atoms with E-state index >= 15 is 0 Å². The zero-order valence-corrected chi connectivity index (χ0v) is 16.5.